The van der Waals surface area contributed by atoms with Crippen molar-refractivity contribution in [3.8, 4) is 0 Å². The van der Waals surface area contributed by atoms with Crippen LogP contribution in [0.1, 0.15) is 17.5 Å². The lowest BCUT2D eigenvalue weighted by atomic mass is 10.1. The summed E-state index contributed by atoms with van der Waals surface area (Å²) in [5, 5.41) is 3.53. The lowest BCUT2D eigenvalue weighted by molar-refractivity contribution is 0.161. The van der Waals surface area contributed by atoms with Gasteiger partial charge < -0.3 is 24.8 Å². The minimum Gasteiger partial charge on any atom is -0.383 e. The van der Waals surface area contributed by atoms with Crippen LogP contribution in [0.2, 0.25) is 0 Å². The maximum absolute atomic E-state index is 5.12. The second-order valence-electron chi connectivity index (χ2n) is 7.32. The van der Waals surface area contributed by atoms with E-state index in [0.717, 1.165) is 64.8 Å². The topological polar surface area (TPSA) is 43.3 Å². The molecule has 0 radical (unpaired) electrons. The van der Waals surface area contributed by atoms with Crippen LogP contribution in [0.25, 0.3) is 0 Å². The Bertz CT molecular complexity index is 596. The molecule has 0 atom stereocenters. The van der Waals surface area contributed by atoms with Crippen LogP contribution in [0, 0.1) is 13.8 Å². The molecule has 0 aliphatic carbocycles. The summed E-state index contributed by atoms with van der Waals surface area (Å²) in [5.74, 6) is 1.02. The molecule has 2 rings (SSSR count). The summed E-state index contributed by atoms with van der Waals surface area (Å²) in [6.07, 6.45) is 1.10. The molecule has 0 amide bonds. The number of benzene rings is 1. The SMILES string of the molecule is CN=C(NCCCN(C)CCOC)N1CCN(c2cccc(C)c2C)CC1. The molecule has 6 heteroatoms. The molecule has 1 fully saturated rings. The zero-order valence-corrected chi connectivity index (χ0v) is 17.8. The molecule has 1 saturated heterocycles. The van der Waals surface area contributed by atoms with E-state index in [1.165, 1.54) is 16.8 Å². The van der Waals surface area contributed by atoms with Crippen molar-refractivity contribution in [2.24, 2.45) is 4.99 Å². The first-order chi connectivity index (χ1) is 13.1. The Kier molecular flexibility index (Phi) is 8.88. The maximum atomic E-state index is 5.12. The number of anilines is 1. The average Bonchev–Trinajstić information content (AvgIpc) is 2.69. The van der Waals surface area contributed by atoms with Crippen molar-refractivity contribution in [2.45, 2.75) is 20.3 Å². The molecule has 27 heavy (non-hydrogen) atoms. The van der Waals surface area contributed by atoms with Gasteiger partial charge >= 0.3 is 0 Å². The summed E-state index contributed by atoms with van der Waals surface area (Å²) in [6, 6.07) is 6.59. The van der Waals surface area contributed by atoms with Crippen LogP contribution in [-0.2, 0) is 4.74 Å². The molecule has 0 spiro atoms. The van der Waals surface area contributed by atoms with Crippen molar-refractivity contribution >= 4 is 11.6 Å². The third-order valence-electron chi connectivity index (χ3n) is 5.38. The van der Waals surface area contributed by atoms with E-state index < -0.39 is 0 Å². The Morgan fingerprint density at radius 1 is 1.19 bits per heavy atom. The molecule has 0 saturated carbocycles. The Morgan fingerprint density at radius 3 is 2.59 bits per heavy atom. The van der Waals surface area contributed by atoms with Gasteiger partial charge in [-0.1, -0.05) is 12.1 Å². The highest BCUT2D eigenvalue weighted by Crippen LogP contribution is 2.23. The molecule has 1 heterocycles. The number of likely N-dealkylation sites (N-methyl/N-ethyl adjacent to an activating group) is 1. The van der Waals surface area contributed by atoms with Gasteiger partial charge in [0.25, 0.3) is 0 Å². The van der Waals surface area contributed by atoms with Crippen LogP contribution < -0.4 is 10.2 Å². The van der Waals surface area contributed by atoms with E-state index in [1.807, 2.05) is 7.05 Å². The first-order valence-corrected chi connectivity index (χ1v) is 10.0. The minimum atomic E-state index is 0.788. The van der Waals surface area contributed by atoms with Crippen LogP contribution in [0.3, 0.4) is 0 Å². The molecular formula is C21H37N5O. The highest BCUT2D eigenvalue weighted by Gasteiger charge is 2.20. The van der Waals surface area contributed by atoms with Crippen LogP contribution in [0.4, 0.5) is 5.69 Å². The fraction of sp³-hybridized carbons (Fsp3) is 0.667. The monoisotopic (exact) mass is 375 g/mol. The number of rotatable bonds is 8. The Hall–Kier alpha value is -1.79. The molecule has 0 bridgehead atoms. The summed E-state index contributed by atoms with van der Waals surface area (Å²) in [4.78, 5) is 11.7. The summed E-state index contributed by atoms with van der Waals surface area (Å²) < 4.78 is 5.12. The van der Waals surface area contributed by atoms with Gasteiger partial charge in [-0.15, -0.1) is 0 Å². The third kappa shape index (κ3) is 6.40. The molecule has 152 valence electrons. The lowest BCUT2D eigenvalue weighted by Gasteiger charge is -2.38. The number of nitrogens with one attached hydrogen (secondary N) is 1. The van der Waals surface area contributed by atoms with Gasteiger partial charge in [0, 0.05) is 59.1 Å². The molecule has 0 unspecified atom stereocenters. The molecule has 1 aromatic carbocycles. The molecular weight excluding hydrogens is 338 g/mol. The molecule has 1 aromatic rings. The normalized spacial score (nSPS) is 15.6. The largest absolute Gasteiger partial charge is 0.383 e. The van der Waals surface area contributed by atoms with Gasteiger partial charge in [-0.3, -0.25) is 4.99 Å². The van der Waals surface area contributed by atoms with Crippen LogP contribution in [-0.4, -0.2) is 89.4 Å². The van der Waals surface area contributed by atoms with E-state index in [1.54, 1.807) is 7.11 Å². The second-order valence-corrected chi connectivity index (χ2v) is 7.32. The summed E-state index contributed by atoms with van der Waals surface area (Å²) in [6.45, 7) is 12.3. The van der Waals surface area contributed by atoms with Gasteiger partial charge in [0.2, 0.25) is 0 Å². The Balaban J connectivity index is 1.76. The summed E-state index contributed by atoms with van der Waals surface area (Å²) in [5.41, 5.74) is 4.13. The molecule has 0 aromatic heterocycles. The number of nitrogens with zero attached hydrogens (tertiary/aromatic N) is 4. The Labute approximate surface area is 165 Å². The number of methoxy groups -OCH3 is 1. The van der Waals surface area contributed by atoms with Crippen molar-refractivity contribution in [1.29, 1.82) is 0 Å². The maximum Gasteiger partial charge on any atom is 0.193 e. The fourth-order valence-electron chi connectivity index (χ4n) is 3.48. The Morgan fingerprint density at radius 2 is 1.93 bits per heavy atom. The van der Waals surface area contributed by atoms with Gasteiger partial charge in [0.05, 0.1) is 6.61 Å². The zero-order valence-electron chi connectivity index (χ0n) is 17.8. The van der Waals surface area contributed by atoms with E-state index >= 15 is 0 Å². The molecule has 6 nitrogen and oxygen atoms in total. The number of ether oxygens (including phenoxy) is 1. The van der Waals surface area contributed by atoms with Crippen molar-refractivity contribution in [1.82, 2.24) is 15.1 Å². The zero-order chi connectivity index (χ0) is 19.6. The number of piperazine rings is 1. The van der Waals surface area contributed by atoms with Gasteiger partial charge in [-0.05, 0) is 51.1 Å². The lowest BCUT2D eigenvalue weighted by Crippen LogP contribution is -2.53. The average molecular weight is 376 g/mol. The van der Waals surface area contributed by atoms with Crippen molar-refractivity contribution in [2.75, 3.05) is 78.5 Å². The van der Waals surface area contributed by atoms with Crippen molar-refractivity contribution in [3.63, 3.8) is 0 Å². The van der Waals surface area contributed by atoms with Crippen molar-refractivity contribution in [3.05, 3.63) is 29.3 Å². The molecule has 1 N–H and O–H groups in total. The number of aliphatic imine (C=N–C) groups is 1. The van der Waals surface area contributed by atoms with E-state index in [2.05, 4.69) is 64.1 Å². The first-order valence-electron chi connectivity index (χ1n) is 10.0. The quantitative estimate of drug-likeness (QED) is 0.428. The van der Waals surface area contributed by atoms with E-state index in [0.29, 0.717) is 0 Å². The highest BCUT2D eigenvalue weighted by molar-refractivity contribution is 5.80. The standard InChI is InChI=1S/C21H37N5O/c1-18-8-6-9-20(19(18)2)25-12-14-26(15-13-25)21(22-3)23-10-7-11-24(4)16-17-27-5/h6,8-9H,7,10-17H2,1-5H3,(H,22,23). The predicted octanol–water partition coefficient (Wildman–Crippen LogP) is 1.97. The van der Waals surface area contributed by atoms with Gasteiger partial charge in [0.1, 0.15) is 0 Å². The smallest absolute Gasteiger partial charge is 0.193 e. The fourth-order valence-corrected chi connectivity index (χ4v) is 3.48. The van der Waals surface area contributed by atoms with Gasteiger partial charge in [-0.2, -0.15) is 0 Å². The van der Waals surface area contributed by atoms with E-state index in [4.69, 9.17) is 4.74 Å². The molecule has 1 aliphatic heterocycles. The number of hydrogen-bond donors (Lipinski definition) is 1. The third-order valence-corrected chi connectivity index (χ3v) is 5.38. The van der Waals surface area contributed by atoms with E-state index in [-0.39, 0.29) is 0 Å². The predicted molar refractivity (Wildman–Crippen MR) is 115 cm³/mol. The van der Waals surface area contributed by atoms with Gasteiger partial charge in [0.15, 0.2) is 5.96 Å². The first kappa shape index (κ1) is 21.5. The molecule has 1 aliphatic rings. The minimum absolute atomic E-state index is 0.788. The van der Waals surface area contributed by atoms with Crippen LogP contribution >= 0.6 is 0 Å². The second kappa shape index (κ2) is 11.1. The summed E-state index contributed by atoms with van der Waals surface area (Å²) in [7, 11) is 5.77. The highest BCUT2D eigenvalue weighted by atomic mass is 16.5. The van der Waals surface area contributed by atoms with Gasteiger partial charge in [-0.25, -0.2) is 0 Å². The summed E-state index contributed by atoms with van der Waals surface area (Å²) >= 11 is 0. The van der Waals surface area contributed by atoms with E-state index in [9.17, 15) is 0 Å². The van der Waals surface area contributed by atoms with Crippen molar-refractivity contribution < 1.29 is 4.74 Å². The van der Waals surface area contributed by atoms with Crippen LogP contribution in [0.5, 0.6) is 0 Å². The number of hydrogen-bond acceptors (Lipinski definition) is 4. The van der Waals surface area contributed by atoms with Crippen LogP contribution in [0.15, 0.2) is 23.2 Å². The number of guanidine groups is 1. The number of aryl methyl sites for hydroxylation is 1.